The maximum Gasteiger partial charge on any atom is 0.300 e. The Morgan fingerprint density at radius 1 is 1.00 bits per heavy atom. The number of hydrogen-bond donors (Lipinski definition) is 1. The minimum atomic E-state index is -0.917. The van der Waals surface area contributed by atoms with Crippen LogP contribution in [0.1, 0.15) is 22.9 Å². The molecule has 1 N–H and O–H groups in total. The Hall–Kier alpha value is -4.04. The van der Waals surface area contributed by atoms with Gasteiger partial charge in [0.15, 0.2) is 0 Å². The number of ether oxygens (including phenoxy) is 1. The number of likely N-dealkylation sites (N-methyl/N-ethyl adjacent to an activating group) is 1. The molecule has 2 aliphatic heterocycles. The van der Waals surface area contributed by atoms with Crippen LogP contribution in [0.25, 0.3) is 5.76 Å². The molecule has 8 nitrogen and oxygen atoms in total. The van der Waals surface area contributed by atoms with E-state index in [1.807, 2.05) is 37.3 Å². The van der Waals surface area contributed by atoms with Gasteiger partial charge in [0.1, 0.15) is 23.3 Å². The first-order valence-electron chi connectivity index (χ1n) is 11.9. The Kier molecular flexibility index (Phi) is 6.28. The first-order valence-corrected chi connectivity index (χ1v) is 11.9. The molecule has 1 amide bonds. The molecule has 0 radical (unpaired) electrons. The Morgan fingerprint density at radius 3 is 2.33 bits per heavy atom. The van der Waals surface area contributed by atoms with Gasteiger partial charge in [-0.25, -0.2) is 0 Å². The fourth-order valence-electron chi connectivity index (χ4n) is 4.86. The van der Waals surface area contributed by atoms with E-state index in [0.717, 1.165) is 37.4 Å². The largest absolute Gasteiger partial charge is 0.507 e. The van der Waals surface area contributed by atoms with Gasteiger partial charge in [-0.15, -0.1) is 0 Å². The fraction of sp³-hybridized carbons (Fsp3) is 0.286. The second-order valence-electron chi connectivity index (χ2n) is 9.19. The van der Waals surface area contributed by atoms with Crippen molar-refractivity contribution in [1.82, 2.24) is 4.90 Å². The quantitative estimate of drug-likeness (QED) is 0.331. The van der Waals surface area contributed by atoms with Crippen LogP contribution < -0.4 is 14.5 Å². The summed E-state index contributed by atoms with van der Waals surface area (Å²) in [6.45, 7) is 5.69. The van der Waals surface area contributed by atoms with Gasteiger partial charge >= 0.3 is 0 Å². The highest BCUT2D eigenvalue weighted by molar-refractivity contribution is 6.51. The monoisotopic (exact) mass is 487 g/mol. The molecule has 0 spiro atoms. The van der Waals surface area contributed by atoms with Crippen LogP contribution in [-0.2, 0) is 9.59 Å². The number of carbonyl (C=O) groups excluding carboxylic acids is 2. The number of ketones is 1. The number of anilines is 2. The highest BCUT2D eigenvalue weighted by atomic mass is 16.5. The van der Waals surface area contributed by atoms with E-state index >= 15 is 0 Å². The number of carbonyl (C=O) groups is 2. The number of furan rings is 1. The standard InChI is InChI=1S/C28H29N3O5/c1-18-6-11-22(35-3)21(17-18)26(32)24-25(23-5-4-16-36-23)31(28(34)27(24)33)20-9-7-19(8-10-20)30-14-12-29(2)13-15-30/h4-11,16-17,25,32H,12-15H2,1-3H3/b26-24-. The molecule has 2 aliphatic rings. The number of benzene rings is 2. The second-order valence-corrected chi connectivity index (χ2v) is 9.19. The summed E-state index contributed by atoms with van der Waals surface area (Å²) in [6.07, 6.45) is 1.49. The third-order valence-electron chi connectivity index (χ3n) is 6.86. The molecular formula is C28H29N3O5. The van der Waals surface area contributed by atoms with Gasteiger partial charge in [0.05, 0.1) is 24.5 Å². The van der Waals surface area contributed by atoms with E-state index < -0.39 is 17.7 Å². The average Bonchev–Trinajstić information content (AvgIpc) is 3.51. The van der Waals surface area contributed by atoms with Crippen molar-refractivity contribution in [2.75, 3.05) is 50.1 Å². The highest BCUT2D eigenvalue weighted by Gasteiger charge is 2.48. The van der Waals surface area contributed by atoms with E-state index in [4.69, 9.17) is 9.15 Å². The lowest BCUT2D eigenvalue weighted by Crippen LogP contribution is -2.44. The van der Waals surface area contributed by atoms with Crippen LogP contribution in [0.4, 0.5) is 11.4 Å². The van der Waals surface area contributed by atoms with E-state index in [9.17, 15) is 14.7 Å². The zero-order valence-corrected chi connectivity index (χ0v) is 20.6. The summed E-state index contributed by atoms with van der Waals surface area (Å²) < 4.78 is 11.1. The molecule has 1 atom stereocenters. The normalized spacial score (nSPS) is 20.2. The number of hydrogen-bond acceptors (Lipinski definition) is 7. The topological polar surface area (TPSA) is 86.5 Å². The molecule has 0 saturated carbocycles. The van der Waals surface area contributed by atoms with E-state index in [2.05, 4.69) is 16.8 Å². The lowest BCUT2D eigenvalue weighted by atomic mass is 9.97. The maximum absolute atomic E-state index is 13.3. The molecule has 1 unspecified atom stereocenters. The second kappa shape index (κ2) is 9.54. The smallest absolute Gasteiger partial charge is 0.300 e. The third-order valence-corrected chi connectivity index (χ3v) is 6.86. The number of rotatable bonds is 5. The number of aryl methyl sites for hydroxylation is 1. The number of aliphatic hydroxyl groups excluding tert-OH is 1. The predicted octanol–water partition coefficient (Wildman–Crippen LogP) is 3.97. The van der Waals surface area contributed by atoms with Gasteiger partial charge in [-0.2, -0.15) is 0 Å². The average molecular weight is 488 g/mol. The molecule has 5 rings (SSSR count). The zero-order chi connectivity index (χ0) is 25.4. The van der Waals surface area contributed by atoms with Crippen molar-refractivity contribution < 1.29 is 23.8 Å². The number of amides is 1. The van der Waals surface area contributed by atoms with Crippen LogP contribution in [0.15, 0.2) is 70.9 Å². The summed E-state index contributed by atoms with van der Waals surface area (Å²) in [4.78, 5) is 32.7. The van der Waals surface area contributed by atoms with Crippen molar-refractivity contribution in [3.63, 3.8) is 0 Å². The first-order chi connectivity index (χ1) is 17.4. The van der Waals surface area contributed by atoms with Gasteiger partial charge in [0, 0.05) is 37.6 Å². The van der Waals surface area contributed by atoms with Crippen molar-refractivity contribution in [3.05, 3.63) is 83.3 Å². The summed E-state index contributed by atoms with van der Waals surface area (Å²) in [5, 5.41) is 11.4. The number of methoxy groups -OCH3 is 1. The Labute approximate surface area is 210 Å². The third kappa shape index (κ3) is 4.13. The van der Waals surface area contributed by atoms with Gasteiger partial charge in [0.2, 0.25) is 0 Å². The lowest BCUT2D eigenvalue weighted by molar-refractivity contribution is -0.132. The Bertz CT molecular complexity index is 1310. The summed E-state index contributed by atoms with van der Waals surface area (Å²) in [5.74, 6) is -1.02. The van der Waals surface area contributed by atoms with Crippen LogP contribution in [-0.4, -0.2) is 62.0 Å². The van der Waals surface area contributed by atoms with Crippen LogP contribution in [0, 0.1) is 6.92 Å². The molecule has 8 heteroatoms. The number of Topliss-reactive ketones (excluding diaryl/α,β-unsaturated/α-hetero) is 1. The highest BCUT2D eigenvalue weighted by Crippen LogP contribution is 2.43. The summed E-state index contributed by atoms with van der Waals surface area (Å²) in [6, 6.07) is 15.4. The van der Waals surface area contributed by atoms with Gasteiger partial charge < -0.3 is 24.1 Å². The van der Waals surface area contributed by atoms with Crippen LogP contribution in [0.5, 0.6) is 5.75 Å². The van der Waals surface area contributed by atoms with Crippen molar-refractivity contribution >= 4 is 28.8 Å². The molecule has 1 aromatic heterocycles. The lowest BCUT2D eigenvalue weighted by Gasteiger charge is -2.34. The van der Waals surface area contributed by atoms with Crippen molar-refractivity contribution in [3.8, 4) is 5.75 Å². The zero-order valence-electron chi connectivity index (χ0n) is 20.6. The van der Waals surface area contributed by atoms with Gasteiger partial charge in [-0.3, -0.25) is 14.5 Å². The predicted molar refractivity (Wildman–Crippen MR) is 137 cm³/mol. The van der Waals surface area contributed by atoms with Crippen LogP contribution in [0.3, 0.4) is 0 Å². The number of nitrogens with zero attached hydrogens (tertiary/aromatic N) is 3. The molecule has 186 valence electrons. The number of piperazine rings is 1. The van der Waals surface area contributed by atoms with Crippen LogP contribution >= 0.6 is 0 Å². The fourth-order valence-corrected chi connectivity index (χ4v) is 4.86. The summed E-state index contributed by atoms with van der Waals surface area (Å²) in [5.41, 5.74) is 2.79. The molecule has 3 heterocycles. The molecule has 2 saturated heterocycles. The van der Waals surface area contributed by atoms with Gasteiger partial charge in [0.25, 0.3) is 11.7 Å². The van der Waals surface area contributed by atoms with Crippen molar-refractivity contribution in [2.45, 2.75) is 13.0 Å². The van der Waals surface area contributed by atoms with E-state index in [1.54, 1.807) is 24.3 Å². The molecule has 0 aliphatic carbocycles. The minimum Gasteiger partial charge on any atom is -0.507 e. The number of aliphatic hydroxyl groups is 1. The maximum atomic E-state index is 13.3. The van der Waals surface area contributed by atoms with Crippen molar-refractivity contribution in [2.24, 2.45) is 0 Å². The Balaban J connectivity index is 1.58. The van der Waals surface area contributed by atoms with Crippen molar-refractivity contribution in [1.29, 1.82) is 0 Å². The molecule has 2 aromatic carbocycles. The summed E-state index contributed by atoms with van der Waals surface area (Å²) in [7, 11) is 3.60. The van der Waals surface area contributed by atoms with Crippen LogP contribution in [0.2, 0.25) is 0 Å². The van der Waals surface area contributed by atoms with E-state index in [0.29, 0.717) is 22.8 Å². The SMILES string of the molecule is COc1ccc(C)cc1/C(O)=C1/C(=O)C(=O)N(c2ccc(N3CCN(C)CC3)cc2)C1c1ccco1. The molecular weight excluding hydrogens is 458 g/mol. The Morgan fingerprint density at radius 2 is 1.69 bits per heavy atom. The molecule has 2 fully saturated rings. The summed E-state index contributed by atoms with van der Waals surface area (Å²) >= 11 is 0. The molecule has 0 bridgehead atoms. The molecule has 3 aromatic rings. The first kappa shape index (κ1) is 23.7. The van der Waals surface area contributed by atoms with E-state index in [-0.39, 0.29) is 11.3 Å². The van der Waals surface area contributed by atoms with Gasteiger partial charge in [-0.05, 0) is 62.5 Å². The van der Waals surface area contributed by atoms with E-state index in [1.165, 1.54) is 18.3 Å². The molecule has 36 heavy (non-hydrogen) atoms. The van der Waals surface area contributed by atoms with Gasteiger partial charge in [-0.1, -0.05) is 11.6 Å². The minimum absolute atomic E-state index is 0.0398.